The SMILES string of the molecule is CCCNS(=O)(=O)c1ccc(NC(C)CC2CC2)cc1. The standard InChI is InChI=1S/C15H24N2O2S/c1-3-10-16-20(18,19)15-8-6-14(7-9-15)17-12(2)11-13-4-5-13/h6-9,12-13,16-17H,3-5,10-11H2,1-2H3. The van der Waals surface area contributed by atoms with Crippen LogP contribution in [0, 0.1) is 5.92 Å². The van der Waals surface area contributed by atoms with Gasteiger partial charge < -0.3 is 5.32 Å². The highest BCUT2D eigenvalue weighted by molar-refractivity contribution is 7.89. The second kappa shape index (κ2) is 6.59. The minimum atomic E-state index is -3.35. The van der Waals surface area contributed by atoms with Crippen molar-refractivity contribution in [3.05, 3.63) is 24.3 Å². The van der Waals surface area contributed by atoms with E-state index in [1.807, 2.05) is 19.1 Å². The molecule has 1 aromatic carbocycles. The molecule has 4 nitrogen and oxygen atoms in total. The molecule has 0 radical (unpaired) electrons. The summed E-state index contributed by atoms with van der Waals surface area (Å²) in [5, 5.41) is 3.42. The van der Waals surface area contributed by atoms with Gasteiger partial charge in [0.25, 0.3) is 0 Å². The van der Waals surface area contributed by atoms with E-state index in [1.165, 1.54) is 19.3 Å². The van der Waals surface area contributed by atoms with E-state index >= 15 is 0 Å². The molecule has 0 spiro atoms. The van der Waals surface area contributed by atoms with Crippen molar-refractivity contribution in [2.45, 2.75) is 50.5 Å². The normalized spacial score (nSPS) is 16.9. The van der Waals surface area contributed by atoms with Crippen LogP contribution in [0.25, 0.3) is 0 Å². The van der Waals surface area contributed by atoms with Gasteiger partial charge in [0.2, 0.25) is 10.0 Å². The third-order valence-corrected chi connectivity index (χ3v) is 4.98. The maximum absolute atomic E-state index is 11.9. The molecule has 5 heteroatoms. The van der Waals surface area contributed by atoms with Crippen molar-refractivity contribution in [2.75, 3.05) is 11.9 Å². The van der Waals surface area contributed by atoms with Gasteiger partial charge in [-0.2, -0.15) is 0 Å². The van der Waals surface area contributed by atoms with E-state index in [1.54, 1.807) is 12.1 Å². The van der Waals surface area contributed by atoms with E-state index in [0.29, 0.717) is 17.5 Å². The van der Waals surface area contributed by atoms with Crippen LogP contribution in [0.4, 0.5) is 5.69 Å². The van der Waals surface area contributed by atoms with E-state index in [2.05, 4.69) is 17.0 Å². The maximum atomic E-state index is 11.9. The lowest BCUT2D eigenvalue weighted by molar-refractivity contribution is 0.581. The summed E-state index contributed by atoms with van der Waals surface area (Å²) in [6, 6.07) is 7.42. The molecule has 2 rings (SSSR count). The highest BCUT2D eigenvalue weighted by Gasteiger charge is 2.23. The molecule has 112 valence electrons. The van der Waals surface area contributed by atoms with Crippen LogP contribution in [0.2, 0.25) is 0 Å². The highest BCUT2D eigenvalue weighted by atomic mass is 32.2. The van der Waals surface area contributed by atoms with E-state index in [9.17, 15) is 8.42 Å². The highest BCUT2D eigenvalue weighted by Crippen LogP contribution is 2.34. The van der Waals surface area contributed by atoms with Gasteiger partial charge in [0.15, 0.2) is 0 Å². The van der Waals surface area contributed by atoms with Crippen molar-refractivity contribution >= 4 is 15.7 Å². The van der Waals surface area contributed by atoms with Crippen molar-refractivity contribution in [1.82, 2.24) is 4.72 Å². The van der Waals surface area contributed by atoms with Crippen LogP contribution in [0.1, 0.15) is 39.5 Å². The second-order valence-electron chi connectivity index (χ2n) is 5.65. The summed E-state index contributed by atoms with van der Waals surface area (Å²) in [4.78, 5) is 0.325. The number of hydrogen-bond donors (Lipinski definition) is 2. The number of rotatable bonds is 8. The number of nitrogens with one attached hydrogen (secondary N) is 2. The van der Waals surface area contributed by atoms with Crippen molar-refractivity contribution in [1.29, 1.82) is 0 Å². The molecule has 0 saturated heterocycles. The second-order valence-corrected chi connectivity index (χ2v) is 7.41. The fourth-order valence-electron chi connectivity index (χ4n) is 2.25. The Hall–Kier alpha value is -1.07. The Kier molecular flexibility index (Phi) is 5.05. The first-order chi connectivity index (χ1) is 9.51. The van der Waals surface area contributed by atoms with Crippen molar-refractivity contribution in [3.8, 4) is 0 Å². The summed E-state index contributed by atoms with van der Waals surface area (Å²) in [7, 11) is -3.35. The van der Waals surface area contributed by atoms with Crippen molar-refractivity contribution in [2.24, 2.45) is 5.92 Å². The Morgan fingerprint density at radius 1 is 1.25 bits per heavy atom. The lowest BCUT2D eigenvalue weighted by Crippen LogP contribution is -2.24. The van der Waals surface area contributed by atoms with E-state index in [4.69, 9.17) is 0 Å². The lowest BCUT2D eigenvalue weighted by atomic mass is 10.1. The van der Waals surface area contributed by atoms with E-state index < -0.39 is 10.0 Å². The minimum absolute atomic E-state index is 0.325. The zero-order valence-electron chi connectivity index (χ0n) is 12.2. The molecule has 20 heavy (non-hydrogen) atoms. The minimum Gasteiger partial charge on any atom is -0.383 e. The van der Waals surface area contributed by atoms with Gasteiger partial charge in [-0.05, 0) is 49.9 Å². The van der Waals surface area contributed by atoms with Crippen LogP contribution in [0.5, 0.6) is 0 Å². The van der Waals surface area contributed by atoms with E-state index in [0.717, 1.165) is 18.0 Å². The first-order valence-corrected chi connectivity index (χ1v) is 8.86. The maximum Gasteiger partial charge on any atom is 0.240 e. The average molecular weight is 296 g/mol. The monoisotopic (exact) mass is 296 g/mol. The molecular formula is C15H24N2O2S. The molecule has 1 aromatic rings. The van der Waals surface area contributed by atoms with Crippen LogP contribution in [-0.4, -0.2) is 21.0 Å². The molecule has 1 fully saturated rings. The molecule has 1 unspecified atom stereocenters. The Bertz CT molecular complexity index is 521. The molecule has 1 aliphatic carbocycles. The van der Waals surface area contributed by atoms with Gasteiger partial charge in [-0.15, -0.1) is 0 Å². The van der Waals surface area contributed by atoms with Crippen LogP contribution in [-0.2, 0) is 10.0 Å². The summed E-state index contributed by atoms with van der Waals surface area (Å²) in [5.74, 6) is 0.885. The van der Waals surface area contributed by atoms with Gasteiger partial charge >= 0.3 is 0 Å². The lowest BCUT2D eigenvalue weighted by Gasteiger charge is -2.15. The van der Waals surface area contributed by atoms with Crippen LogP contribution in [0.3, 0.4) is 0 Å². The third-order valence-electron chi connectivity index (χ3n) is 3.50. The number of anilines is 1. The van der Waals surface area contributed by atoms with Crippen LogP contribution in [0.15, 0.2) is 29.2 Å². The zero-order valence-corrected chi connectivity index (χ0v) is 13.0. The molecule has 2 N–H and O–H groups in total. The molecule has 1 atom stereocenters. The number of hydrogen-bond acceptors (Lipinski definition) is 3. The predicted molar refractivity (Wildman–Crippen MR) is 82.3 cm³/mol. The molecule has 0 heterocycles. The van der Waals surface area contributed by atoms with Crippen LogP contribution >= 0.6 is 0 Å². The largest absolute Gasteiger partial charge is 0.383 e. The van der Waals surface area contributed by atoms with Gasteiger partial charge in [-0.25, -0.2) is 13.1 Å². The zero-order chi connectivity index (χ0) is 14.6. The molecular weight excluding hydrogens is 272 g/mol. The smallest absolute Gasteiger partial charge is 0.240 e. The molecule has 0 bridgehead atoms. The Balaban J connectivity index is 1.94. The van der Waals surface area contributed by atoms with Gasteiger partial charge in [-0.1, -0.05) is 19.8 Å². The first-order valence-electron chi connectivity index (χ1n) is 7.37. The van der Waals surface area contributed by atoms with Gasteiger partial charge in [0.1, 0.15) is 0 Å². The van der Waals surface area contributed by atoms with Gasteiger partial charge in [0.05, 0.1) is 4.90 Å². The topological polar surface area (TPSA) is 58.2 Å². The Morgan fingerprint density at radius 2 is 1.90 bits per heavy atom. The summed E-state index contributed by atoms with van der Waals surface area (Å²) in [5.41, 5.74) is 0.979. The molecule has 1 saturated carbocycles. The number of benzene rings is 1. The number of sulfonamides is 1. The van der Waals surface area contributed by atoms with E-state index in [-0.39, 0.29) is 0 Å². The molecule has 0 aromatic heterocycles. The summed E-state index contributed by atoms with van der Waals surface area (Å²) < 4.78 is 26.5. The van der Waals surface area contributed by atoms with Gasteiger partial charge in [0, 0.05) is 18.3 Å². The van der Waals surface area contributed by atoms with Gasteiger partial charge in [-0.3, -0.25) is 0 Å². The Labute approximate surface area is 122 Å². The fraction of sp³-hybridized carbons (Fsp3) is 0.600. The van der Waals surface area contributed by atoms with Crippen LogP contribution < -0.4 is 10.0 Å². The quantitative estimate of drug-likeness (QED) is 0.775. The summed E-state index contributed by atoms with van der Waals surface area (Å²) in [6.07, 6.45) is 4.69. The molecule has 1 aliphatic rings. The first kappa shape index (κ1) is 15.3. The Morgan fingerprint density at radius 3 is 2.45 bits per heavy atom. The fourth-order valence-corrected chi connectivity index (χ4v) is 3.38. The van der Waals surface area contributed by atoms with Crippen molar-refractivity contribution in [3.63, 3.8) is 0 Å². The predicted octanol–water partition coefficient (Wildman–Crippen LogP) is 2.98. The van der Waals surface area contributed by atoms with Crippen molar-refractivity contribution < 1.29 is 8.42 Å². The molecule has 0 aliphatic heterocycles. The summed E-state index contributed by atoms with van der Waals surface area (Å²) in [6.45, 7) is 4.59. The summed E-state index contributed by atoms with van der Waals surface area (Å²) >= 11 is 0. The molecule has 0 amide bonds. The third kappa shape index (κ3) is 4.49. The average Bonchev–Trinajstić information content (AvgIpc) is 3.21.